The number of halogens is 3. The van der Waals surface area contributed by atoms with Crippen LogP contribution in [-0.4, -0.2) is 24.9 Å². The van der Waals surface area contributed by atoms with Crippen molar-refractivity contribution >= 4 is 0 Å². The van der Waals surface area contributed by atoms with Crippen LogP contribution >= 0.6 is 0 Å². The molecule has 0 amide bonds. The van der Waals surface area contributed by atoms with Crippen molar-refractivity contribution in [3.8, 4) is 0 Å². The fraction of sp³-hybridized carbons (Fsp3) is 1.00. The lowest BCUT2D eigenvalue weighted by atomic mass is 9.77. The van der Waals surface area contributed by atoms with Crippen LogP contribution in [0.25, 0.3) is 0 Å². The fourth-order valence-corrected chi connectivity index (χ4v) is 2.73. The van der Waals surface area contributed by atoms with Crippen molar-refractivity contribution in [1.29, 1.82) is 0 Å². The topological polar surface area (TPSA) is 35.2 Å². The molecule has 114 valence electrons. The van der Waals surface area contributed by atoms with Gasteiger partial charge in [-0.3, -0.25) is 0 Å². The first-order valence-corrected chi connectivity index (χ1v) is 7.03. The smallest absolute Gasteiger partial charge is 0.379 e. The van der Waals surface area contributed by atoms with Crippen molar-refractivity contribution in [3.63, 3.8) is 0 Å². The summed E-state index contributed by atoms with van der Waals surface area (Å²) in [7, 11) is 1.67. The van der Waals surface area contributed by atoms with Crippen molar-refractivity contribution in [2.75, 3.05) is 7.11 Å². The van der Waals surface area contributed by atoms with Crippen molar-refractivity contribution in [2.45, 2.75) is 70.2 Å². The Hall–Kier alpha value is -0.290. The second-order valence-electron chi connectivity index (χ2n) is 6.32. The van der Waals surface area contributed by atoms with E-state index < -0.39 is 12.1 Å². The molecule has 0 saturated heterocycles. The van der Waals surface area contributed by atoms with E-state index in [0.29, 0.717) is 12.8 Å². The molecule has 0 bridgehead atoms. The summed E-state index contributed by atoms with van der Waals surface area (Å²) in [6.07, 6.45) is -0.734. The van der Waals surface area contributed by atoms with Crippen molar-refractivity contribution in [1.82, 2.24) is 0 Å². The minimum absolute atomic E-state index is 0.0105. The number of alkyl halides is 3. The molecule has 1 fully saturated rings. The summed E-state index contributed by atoms with van der Waals surface area (Å²) in [4.78, 5) is 0. The van der Waals surface area contributed by atoms with Crippen LogP contribution < -0.4 is 5.73 Å². The summed E-state index contributed by atoms with van der Waals surface area (Å²) in [6, 6.07) is -0.0105. The quantitative estimate of drug-likeness (QED) is 0.829. The van der Waals surface area contributed by atoms with Gasteiger partial charge < -0.3 is 10.5 Å². The summed E-state index contributed by atoms with van der Waals surface area (Å²) in [5, 5.41) is 0. The molecule has 1 atom stereocenters. The molecule has 1 unspecified atom stereocenters. The molecule has 0 spiro atoms. The molecule has 0 radical (unpaired) electrons. The first-order valence-electron chi connectivity index (χ1n) is 7.03. The minimum atomic E-state index is -4.03. The maximum atomic E-state index is 12.6. The standard InChI is InChI=1S/C14H26F3NO/c1-13(2,19-3)9-8-12(18)10-4-6-11(7-5-10)14(15,16)17/h10-12H,4-9,18H2,1-3H3. The van der Waals surface area contributed by atoms with E-state index in [4.69, 9.17) is 10.5 Å². The Kier molecular flexibility index (Phi) is 5.68. The molecule has 1 aliphatic rings. The maximum absolute atomic E-state index is 12.6. The molecule has 0 aromatic heterocycles. The van der Waals surface area contributed by atoms with Gasteiger partial charge in [-0.25, -0.2) is 0 Å². The first-order chi connectivity index (χ1) is 8.65. The molecule has 0 aromatic rings. The Balaban J connectivity index is 2.35. The Bertz CT molecular complexity index is 270. The Labute approximate surface area is 113 Å². The van der Waals surface area contributed by atoms with Gasteiger partial charge in [-0.1, -0.05) is 0 Å². The van der Waals surface area contributed by atoms with Crippen LogP contribution in [0, 0.1) is 11.8 Å². The van der Waals surface area contributed by atoms with Crippen molar-refractivity contribution in [2.24, 2.45) is 17.6 Å². The molecule has 0 aliphatic heterocycles. The second-order valence-corrected chi connectivity index (χ2v) is 6.32. The van der Waals surface area contributed by atoms with Gasteiger partial charge in [0.1, 0.15) is 0 Å². The third-order valence-corrected chi connectivity index (χ3v) is 4.47. The number of hydrogen-bond acceptors (Lipinski definition) is 2. The van der Waals surface area contributed by atoms with Gasteiger partial charge in [0.05, 0.1) is 11.5 Å². The lowest BCUT2D eigenvalue weighted by molar-refractivity contribution is -0.184. The highest BCUT2D eigenvalue weighted by atomic mass is 19.4. The van der Waals surface area contributed by atoms with E-state index in [0.717, 1.165) is 12.8 Å². The number of hydrogen-bond donors (Lipinski definition) is 1. The number of rotatable bonds is 5. The van der Waals surface area contributed by atoms with Gasteiger partial charge in [0, 0.05) is 13.2 Å². The third-order valence-electron chi connectivity index (χ3n) is 4.47. The molecule has 1 saturated carbocycles. The van der Waals surface area contributed by atoms with Crippen LogP contribution in [-0.2, 0) is 4.74 Å². The lowest BCUT2D eigenvalue weighted by Gasteiger charge is -2.34. The summed E-state index contributed by atoms with van der Waals surface area (Å²) < 4.78 is 43.0. The zero-order valence-corrected chi connectivity index (χ0v) is 12.1. The van der Waals surface area contributed by atoms with Gasteiger partial charge in [0.2, 0.25) is 0 Å². The Morgan fingerprint density at radius 2 is 1.68 bits per heavy atom. The highest BCUT2D eigenvalue weighted by molar-refractivity contribution is 4.84. The first kappa shape index (κ1) is 16.8. The molecule has 5 heteroatoms. The normalized spacial score (nSPS) is 27.3. The van der Waals surface area contributed by atoms with Crippen molar-refractivity contribution < 1.29 is 17.9 Å². The summed E-state index contributed by atoms with van der Waals surface area (Å²) >= 11 is 0. The zero-order chi connectivity index (χ0) is 14.7. The van der Waals surface area contributed by atoms with Gasteiger partial charge >= 0.3 is 6.18 Å². The SMILES string of the molecule is COC(C)(C)CCC(N)C1CCC(C(F)(F)F)CC1. The van der Waals surface area contributed by atoms with Crippen molar-refractivity contribution in [3.05, 3.63) is 0 Å². The predicted octanol–water partition coefficient (Wildman–Crippen LogP) is 3.89. The molecular formula is C14H26F3NO. The Morgan fingerprint density at radius 1 is 1.16 bits per heavy atom. The zero-order valence-electron chi connectivity index (χ0n) is 12.1. The van der Waals surface area contributed by atoms with Crippen LogP contribution in [0.4, 0.5) is 13.2 Å². The van der Waals surface area contributed by atoms with E-state index >= 15 is 0 Å². The average molecular weight is 281 g/mol. The van der Waals surface area contributed by atoms with Gasteiger partial charge in [-0.2, -0.15) is 13.2 Å². The van der Waals surface area contributed by atoms with E-state index in [-0.39, 0.29) is 30.4 Å². The summed E-state index contributed by atoms with van der Waals surface area (Å²) in [5.74, 6) is -0.891. The van der Waals surface area contributed by atoms with Gasteiger partial charge in [0.15, 0.2) is 0 Å². The minimum Gasteiger partial charge on any atom is -0.379 e. The van der Waals surface area contributed by atoms with Gasteiger partial charge in [-0.05, 0) is 58.3 Å². The van der Waals surface area contributed by atoms with E-state index in [1.54, 1.807) is 7.11 Å². The van der Waals surface area contributed by atoms with E-state index in [1.807, 2.05) is 13.8 Å². The van der Waals surface area contributed by atoms with Crippen LogP contribution in [0.15, 0.2) is 0 Å². The molecular weight excluding hydrogens is 255 g/mol. The van der Waals surface area contributed by atoms with E-state index in [1.165, 1.54) is 0 Å². The van der Waals surface area contributed by atoms with E-state index in [2.05, 4.69) is 0 Å². The highest BCUT2D eigenvalue weighted by Crippen LogP contribution is 2.40. The highest BCUT2D eigenvalue weighted by Gasteiger charge is 2.42. The van der Waals surface area contributed by atoms with Crippen LogP contribution in [0.3, 0.4) is 0 Å². The molecule has 0 heterocycles. The molecule has 2 nitrogen and oxygen atoms in total. The van der Waals surface area contributed by atoms with Crippen LogP contribution in [0.2, 0.25) is 0 Å². The van der Waals surface area contributed by atoms with E-state index in [9.17, 15) is 13.2 Å². The van der Waals surface area contributed by atoms with Crippen LogP contribution in [0.5, 0.6) is 0 Å². The maximum Gasteiger partial charge on any atom is 0.391 e. The molecule has 1 aliphatic carbocycles. The fourth-order valence-electron chi connectivity index (χ4n) is 2.73. The molecule has 2 N–H and O–H groups in total. The lowest BCUT2D eigenvalue weighted by Crippen LogP contribution is -2.37. The number of ether oxygens (including phenoxy) is 1. The summed E-state index contributed by atoms with van der Waals surface area (Å²) in [6.45, 7) is 4.00. The van der Waals surface area contributed by atoms with Gasteiger partial charge in [0.25, 0.3) is 0 Å². The van der Waals surface area contributed by atoms with Crippen LogP contribution in [0.1, 0.15) is 52.4 Å². The molecule has 0 aromatic carbocycles. The van der Waals surface area contributed by atoms with Gasteiger partial charge in [-0.15, -0.1) is 0 Å². The second kappa shape index (κ2) is 6.44. The number of nitrogens with two attached hydrogens (primary N) is 1. The summed E-state index contributed by atoms with van der Waals surface area (Å²) in [5.41, 5.74) is 5.92. The number of methoxy groups -OCH3 is 1. The molecule has 19 heavy (non-hydrogen) atoms. The third kappa shape index (κ3) is 5.30. The monoisotopic (exact) mass is 281 g/mol. The molecule has 1 rings (SSSR count). The predicted molar refractivity (Wildman–Crippen MR) is 69.8 cm³/mol. The largest absolute Gasteiger partial charge is 0.391 e. The Morgan fingerprint density at radius 3 is 2.11 bits per heavy atom. The average Bonchev–Trinajstić information content (AvgIpc) is 2.35.